The second kappa shape index (κ2) is 6.22. The van der Waals surface area contributed by atoms with E-state index < -0.39 is 0 Å². The molecular weight excluding hydrogens is 246 g/mol. The summed E-state index contributed by atoms with van der Waals surface area (Å²) in [6.07, 6.45) is 0.948. The lowest BCUT2D eigenvalue weighted by Gasteiger charge is -2.21. The van der Waals surface area contributed by atoms with E-state index in [1.54, 1.807) is 11.8 Å². The third-order valence-corrected chi connectivity index (χ3v) is 4.06. The Balaban J connectivity index is 1.99. The zero-order valence-corrected chi connectivity index (χ0v) is 11.3. The van der Waals surface area contributed by atoms with E-state index in [9.17, 15) is 4.79 Å². The number of anilines is 1. The topological polar surface area (TPSA) is 67.2 Å². The maximum absolute atomic E-state index is 11.6. The third kappa shape index (κ3) is 3.25. The summed E-state index contributed by atoms with van der Waals surface area (Å²) >= 11 is 1.62. The average molecular weight is 265 g/mol. The predicted octanol–water partition coefficient (Wildman–Crippen LogP) is 1.21. The summed E-state index contributed by atoms with van der Waals surface area (Å²) in [6, 6.07) is 6.28. The lowest BCUT2D eigenvalue weighted by Crippen LogP contribution is -2.27. The van der Waals surface area contributed by atoms with Gasteiger partial charge in [-0.05, 0) is 37.6 Å². The largest absolute Gasteiger partial charge is 0.329 e. The van der Waals surface area contributed by atoms with Crippen molar-refractivity contribution in [3.8, 4) is 0 Å². The molecule has 1 aliphatic heterocycles. The van der Waals surface area contributed by atoms with Gasteiger partial charge in [-0.25, -0.2) is 0 Å². The van der Waals surface area contributed by atoms with Crippen molar-refractivity contribution in [3.05, 3.63) is 23.8 Å². The number of carbonyl (C=O) groups is 1. The van der Waals surface area contributed by atoms with E-state index in [1.807, 2.05) is 6.92 Å². The molecule has 0 bridgehead atoms. The lowest BCUT2D eigenvalue weighted by molar-refractivity contribution is -0.115. The number of nitrogens with two attached hydrogens (primary N) is 1. The van der Waals surface area contributed by atoms with Gasteiger partial charge in [-0.3, -0.25) is 4.79 Å². The molecular formula is C13H19N3OS. The van der Waals surface area contributed by atoms with Gasteiger partial charge in [0.2, 0.25) is 5.91 Å². The standard InChI is InChI=1S/C13H19N3OS/c1-9-13(17)16-11-8-10(2-3-12(11)18-9)4-6-15-7-5-14/h2-3,8-9,15H,4-7,14H2,1H3,(H,16,17). The Labute approximate surface area is 112 Å². The molecule has 1 atom stereocenters. The minimum absolute atomic E-state index is 0.00503. The Kier molecular flexibility index (Phi) is 4.63. The number of rotatable bonds is 5. The van der Waals surface area contributed by atoms with E-state index in [-0.39, 0.29) is 11.2 Å². The molecule has 0 saturated heterocycles. The summed E-state index contributed by atoms with van der Waals surface area (Å²) in [6.45, 7) is 4.34. The van der Waals surface area contributed by atoms with Gasteiger partial charge in [0.1, 0.15) is 0 Å². The highest BCUT2D eigenvalue weighted by Crippen LogP contribution is 2.35. The van der Waals surface area contributed by atoms with Crippen molar-refractivity contribution in [2.24, 2.45) is 5.73 Å². The molecule has 98 valence electrons. The quantitative estimate of drug-likeness (QED) is 0.700. The monoisotopic (exact) mass is 265 g/mol. The zero-order valence-electron chi connectivity index (χ0n) is 10.5. The fourth-order valence-corrected chi connectivity index (χ4v) is 2.80. The molecule has 0 radical (unpaired) electrons. The molecule has 0 aliphatic carbocycles. The molecule has 0 spiro atoms. The summed E-state index contributed by atoms with van der Waals surface area (Å²) in [5.41, 5.74) is 7.59. The lowest BCUT2D eigenvalue weighted by atomic mass is 10.1. The van der Waals surface area contributed by atoms with E-state index in [0.29, 0.717) is 6.54 Å². The molecule has 4 nitrogen and oxygen atoms in total. The third-order valence-electron chi connectivity index (χ3n) is 2.89. The fourth-order valence-electron chi connectivity index (χ4n) is 1.87. The molecule has 18 heavy (non-hydrogen) atoms. The summed E-state index contributed by atoms with van der Waals surface area (Å²) in [5, 5.41) is 6.21. The number of nitrogens with one attached hydrogen (secondary N) is 2. The number of carbonyl (C=O) groups excluding carboxylic acids is 1. The summed E-state index contributed by atoms with van der Waals surface area (Å²) < 4.78 is 0. The van der Waals surface area contributed by atoms with Crippen LogP contribution in [-0.2, 0) is 11.2 Å². The summed E-state index contributed by atoms with van der Waals surface area (Å²) in [5.74, 6) is 0.0888. The maximum Gasteiger partial charge on any atom is 0.237 e. The van der Waals surface area contributed by atoms with Gasteiger partial charge in [-0.1, -0.05) is 6.07 Å². The van der Waals surface area contributed by atoms with E-state index in [2.05, 4.69) is 28.8 Å². The van der Waals surface area contributed by atoms with Crippen LogP contribution in [0.4, 0.5) is 5.69 Å². The Hall–Kier alpha value is -1.04. The highest BCUT2D eigenvalue weighted by atomic mass is 32.2. The van der Waals surface area contributed by atoms with E-state index >= 15 is 0 Å². The van der Waals surface area contributed by atoms with Gasteiger partial charge in [0, 0.05) is 18.0 Å². The van der Waals surface area contributed by atoms with Gasteiger partial charge in [-0.2, -0.15) is 0 Å². The minimum atomic E-state index is -0.00503. The first-order chi connectivity index (χ1) is 8.70. The van der Waals surface area contributed by atoms with Crippen LogP contribution in [0.1, 0.15) is 12.5 Å². The smallest absolute Gasteiger partial charge is 0.237 e. The molecule has 1 aromatic carbocycles. The number of hydrogen-bond donors (Lipinski definition) is 3. The van der Waals surface area contributed by atoms with Crippen LogP contribution in [-0.4, -0.2) is 30.8 Å². The maximum atomic E-state index is 11.6. The molecule has 1 aliphatic rings. The van der Waals surface area contributed by atoms with E-state index in [4.69, 9.17) is 5.73 Å². The fraction of sp³-hybridized carbons (Fsp3) is 0.462. The van der Waals surface area contributed by atoms with Crippen LogP contribution in [0, 0.1) is 0 Å². The molecule has 1 aromatic rings. The number of hydrogen-bond acceptors (Lipinski definition) is 4. The molecule has 1 unspecified atom stereocenters. The van der Waals surface area contributed by atoms with Gasteiger partial charge < -0.3 is 16.4 Å². The van der Waals surface area contributed by atoms with Crippen LogP contribution >= 0.6 is 11.8 Å². The van der Waals surface area contributed by atoms with Crippen molar-refractivity contribution in [1.82, 2.24) is 5.32 Å². The Bertz CT molecular complexity index is 436. The van der Waals surface area contributed by atoms with Crippen molar-refractivity contribution in [2.75, 3.05) is 25.0 Å². The molecule has 2 rings (SSSR count). The van der Waals surface area contributed by atoms with Crippen molar-refractivity contribution in [1.29, 1.82) is 0 Å². The van der Waals surface area contributed by atoms with Crippen LogP contribution in [0.25, 0.3) is 0 Å². The van der Waals surface area contributed by atoms with Crippen LogP contribution in [0.15, 0.2) is 23.1 Å². The number of benzene rings is 1. The van der Waals surface area contributed by atoms with Gasteiger partial charge in [-0.15, -0.1) is 11.8 Å². The van der Waals surface area contributed by atoms with Crippen molar-refractivity contribution in [3.63, 3.8) is 0 Å². The van der Waals surface area contributed by atoms with E-state index in [0.717, 1.165) is 30.1 Å². The Morgan fingerprint density at radius 1 is 1.44 bits per heavy atom. The first kappa shape index (κ1) is 13.4. The van der Waals surface area contributed by atoms with Gasteiger partial charge in [0.15, 0.2) is 0 Å². The molecule has 1 heterocycles. The Morgan fingerprint density at radius 3 is 3.06 bits per heavy atom. The second-order valence-electron chi connectivity index (χ2n) is 4.37. The zero-order chi connectivity index (χ0) is 13.0. The number of amides is 1. The normalized spacial score (nSPS) is 18.3. The summed E-state index contributed by atoms with van der Waals surface area (Å²) in [7, 11) is 0. The van der Waals surface area contributed by atoms with Crippen molar-refractivity contribution in [2.45, 2.75) is 23.5 Å². The second-order valence-corrected chi connectivity index (χ2v) is 5.75. The Morgan fingerprint density at radius 2 is 2.28 bits per heavy atom. The highest BCUT2D eigenvalue weighted by Gasteiger charge is 2.22. The van der Waals surface area contributed by atoms with Crippen LogP contribution in [0.3, 0.4) is 0 Å². The van der Waals surface area contributed by atoms with Crippen LogP contribution in [0.2, 0.25) is 0 Å². The van der Waals surface area contributed by atoms with E-state index in [1.165, 1.54) is 5.56 Å². The van der Waals surface area contributed by atoms with Crippen LogP contribution < -0.4 is 16.4 Å². The predicted molar refractivity (Wildman–Crippen MR) is 76.0 cm³/mol. The summed E-state index contributed by atoms with van der Waals surface area (Å²) in [4.78, 5) is 12.8. The van der Waals surface area contributed by atoms with Gasteiger partial charge in [0.25, 0.3) is 0 Å². The molecule has 0 saturated carbocycles. The van der Waals surface area contributed by atoms with Gasteiger partial charge in [0.05, 0.1) is 10.9 Å². The van der Waals surface area contributed by atoms with Crippen LogP contribution in [0.5, 0.6) is 0 Å². The molecule has 5 heteroatoms. The molecule has 0 fully saturated rings. The van der Waals surface area contributed by atoms with Gasteiger partial charge >= 0.3 is 0 Å². The first-order valence-electron chi connectivity index (χ1n) is 6.22. The molecule has 4 N–H and O–H groups in total. The SMILES string of the molecule is CC1Sc2ccc(CCNCCN)cc2NC1=O. The van der Waals surface area contributed by atoms with Crippen molar-refractivity contribution < 1.29 is 4.79 Å². The number of thioether (sulfide) groups is 1. The van der Waals surface area contributed by atoms with Crippen molar-refractivity contribution >= 4 is 23.4 Å². The molecule has 0 aromatic heterocycles. The highest BCUT2D eigenvalue weighted by molar-refractivity contribution is 8.00. The first-order valence-corrected chi connectivity index (χ1v) is 7.10. The number of fused-ring (bicyclic) bond motifs is 1. The average Bonchev–Trinajstić information content (AvgIpc) is 2.36. The minimum Gasteiger partial charge on any atom is -0.329 e. The molecule has 1 amide bonds.